The predicted octanol–water partition coefficient (Wildman–Crippen LogP) is 2.63. The van der Waals surface area contributed by atoms with Gasteiger partial charge < -0.3 is 14.2 Å². The molecule has 0 radical (unpaired) electrons. The molecule has 0 spiro atoms. The second-order valence-electron chi connectivity index (χ2n) is 4.08. The van der Waals surface area contributed by atoms with E-state index in [-0.39, 0.29) is 6.10 Å². The summed E-state index contributed by atoms with van der Waals surface area (Å²) in [6.45, 7) is 1.43. The average Bonchev–Trinajstić information content (AvgIpc) is 3.20. The lowest BCUT2D eigenvalue weighted by molar-refractivity contribution is 0.265. The van der Waals surface area contributed by atoms with Crippen molar-refractivity contribution in [3.05, 3.63) is 36.4 Å². The molecule has 3 rings (SSSR count). The van der Waals surface area contributed by atoms with Gasteiger partial charge in [-0.2, -0.15) is 0 Å². The predicted molar refractivity (Wildman–Crippen MR) is 65.7 cm³/mol. The van der Waals surface area contributed by atoms with Crippen LogP contribution in [0, 0.1) is 0 Å². The van der Waals surface area contributed by atoms with E-state index < -0.39 is 0 Å². The Bertz CT molecular complexity index is 532. The Morgan fingerprint density at radius 2 is 1.76 bits per heavy atom. The van der Waals surface area contributed by atoms with Crippen LogP contribution < -0.4 is 9.47 Å². The van der Waals surface area contributed by atoms with Crippen molar-refractivity contribution in [1.82, 2.24) is 0 Å². The molecule has 0 N–H and O–H groups in total. The van der Waals surface area contributed by atoms with E-state index in [2.05, 4.69) is 0 Å². The van der Waals surface area contributed by atoms with Crippen LogP contribution in [0.4, 0.5) is 0 Å². The number of epoxide rings is 1. The van der Waals surface area contributed by atoms with Gasteiger partial charge in [0.1, 0.15) is 24.2 Å². The molecule has 2 aromatic rings. The number of hydrogen-bond donors (Lipinski definition) is 0. The van der Waals surface area contributed by atoms with Crippen LogP contribution >= 0.6 is 0 Å². The van der Waals surface area contributed by atoms with Crippen molar-refractivity contribution in [1.29, 1.82) is 0 Å². The molecule has 17 heavy (non-hydrogen) atoms. The first-order valence-corrected chi connectivity index (χ1v) is 5.68. The molecule has 0 aliphatic carbocycles. The van der Waals surface area contributed by atoms with Gasteiger partial charge in [-0.3, -0.25) is 0 Å². The fourth-order valence-corrected chi connectivity index (χ4v) is 1.89. The molecule has 3 nitrogen and oxygen atoms in total. The molecule has 3 heteroatoms. The normalized spacial score (nSPS) is 18.1. The van der Waals surface area contributed by atoms with Crippen molar-refractivity contribution in [3.8, 4) is 11.5 Å². The Morgan fingerprint density at radius 3 is 2.41 bits per heavy atom. The Kier molecular flexibility index (Phi) is 2.61. The number of methoxy groups -OCH3 is 1. The molecule has 1 aliphatic heterocycles. The molecule has 88 valence electrons. The highest BCUT2D eigenvalue weighted by Gasteiger charge is 2.23. The van der Waals surface area contributed by atoms with Crippen LogP contribution in [-0.4, -0.2) is 26.4 Å². The summed E-state index contributed by atoms with van der Waals surface area (Å²) in [5.41, 5.74) is 0. The smallest absolute Gasteiger partial charge is 0.127 e. The number of fused-ring (bicyclic) bond motifs is 1. The first-order valence-electron chi connectivity index (χ1n) is 5.68. The highest BCUT2D eigenvalue weighted by atomic mass is 16.6. The Labute approximate surface area is 99.9 Å². The van der Waals surface area contributed by atoms with Crippen LogP contribution in [0.15, 0.2) is 36.4 Å². The Morgan fingerprint density at radius 1 is 1.12 bits per heavy atom. The van der Waals surface area contributed by atoms with Crippen molar-refractivity contribution in [2.24, 2.45) is 0 Å². The zero-order valence-electron chi connectivity index (χ0n) is 9.68. The summed E-state index contributed by atoms with van der Waals surface area (Å²) in [4.78, 5) is 0. The number of ether oxygens (including phenoxy) is 3. The minimum atomic E-state index is 0.274. The van der Waals surface area contributed by atoms with E-state index in [0.717, 1.165) is 28.9 Å². The third-order valence-electron chi connectivity index (χ3n) is 2.89. The van der Waals surface area contributed by atoms with Gasteiger partial charge in [0.2, 0.25) is 0 Å². The van der Waals surface area contributed by atoms with E-state index >= 15 is 0 Å². The molecular weight excluding hydrogens is 216 g/mol. The molecule has 1 fully saturated rings. The maximum absolute atomic E-state index is 5.76. The van der Waals surface area contributed by atoms with E-state index in [9.17, 15) is 0 Å². The van der Waals surface area contributed by atoms with Crippen LogP contribution in [-0.2, 0) is 4.74 Å². The van der Waals surface area contributed by atoms with Gasteiger partial charge >= 0.3 is 0 Å². The van der Waals surface area contributed by atoms with Gasteiger partial charge in [-0.15, -0.1) is 0 Å². The van der Waals surface area contributed by atoms with Gasteiger partial charge in [0.15, 0.2) is 0 Å². The molecule has 1 atom stereocenters. The van der Waals surface area contributed by atoms with Crippen LogP contribution in [0.3, 0.4) is 0 Å². The lowest BCUT2D eigenvalue weighted by atomic mass is 10.1. The number of hydrogen-bond acceptors (Lipinski definition) is 3. The maximum atomic E-state index is 5.76. The van der Waals surface area contributed by atoms with E-state index in [1.165, 1.54) is 0 Å². The van der Waals surface area contributed by atoms with Crippen molar-refractivity contribution >= 4 is 10.8 Å². The monoisotopic (exact) mass is 230 g/mol. The van der Waals surface area contributed by atoms with E-state index in [1.807, 2.05) is 36.4 Å². The Balaban J connectivity index is 1.99. The largest absolute Gasteiger partial charge is 0.496 e. The standard InChI is InChI=1S/C14H14O3/c1-15-13-6-7-14(17-9-10-8-16-10)12-5-3-2-4-11(12)13/h2-7,10H,8-9H2,1H3. The SMILES string of the molecule is COc1ccc(OCC2CO2)c2ccccc12. The molecule has 1 aliphatic rings. The molecule has 1 heterocycles. The fraction of sp³-hybridized carbons (Fsp3) is 0.286. The van der Waals surface area contributed by atoms with Gasteiger partial charge in [0.05, 0.1) is 13.7 Å². The van der Waals surface area contributed by atoms with Crippen molar-refractivity contribution in [2.45, 2.75) is 6.10 Å². The number of rotatable bonds is 4. The van der Waals surface area contributed by atoms with E-state index in [1.54, 1.807) is 7.11 Å². The summed E-state index contributed by atoms with van der Waals surface area (Å²) >= 11 is 0. The molecular formula is C14H14O3. The molecule has 0 amide bonds. The molecule has 0 bridgehead atoms. The summed E-state index contributed by atoms with van der Waals surface area (Å²) in [7, 11) is 1.68. The molecule has 2 aromatic carbocycles. The maximum Gasteiger partial charge on any atom is 0.127 e. The van der Waals surface area contributed by atoms with Crippen molar-refractivity contribution < 1.29 is 14.2 Å². The van der Waals surface area contributed by atoms with Gasteiger partial charge in [0.25, 0.3) is 0 Å². The van der Waals surface area contributed by atoms with Crippen molar-refractivity contribution in [2.75, 3.05) is 20.3 Å². The third-order valence-corrected chi connectivity index (χ3v) is 2.89. The van der Waals surface area contributed by atoms with Crippen LogP contribution in [0.25, 0.3) is 10.8 Å². The van der Waals surface area contributed by atoms with Gasteiger partial charge in [0, 0.05) is 10.8 Å². The second kappa shape index (κ2) is 4.26. The summed E-state index contributed by atoms with van der Waals surface area (Å²) in [6, 6.07) is 12.0. The summed E-state index contributed by atoms with van der Waals surface area (Å²) < 4.78 is 16.2. The van der Waals surface area contributed by atoms with Gasteiger partial charge in [-0.1, -0.05) is 24.3 Å². The summed E-state index contributed by atoms with van der Waals surface area (Å²) in [5, 5.41) is 2.15. The lowest BCUT2D eigenvalue weighted by Crippen LogP contribution is -2.04. The third kappa shape index (κ3) is 2.06. The van der Waals surface area contributed by atoms with Gasteiger partial charge in [-0.05, 0) is 12.1 Å². The first kappa shape index (κ1) is 10.4. The highest BCUT2D eigenvalue weighted by Crippen LogP contribution is 2.33. The molecule has 0 saturated carbocycles. The summed E-state index contributed by atoms with van der Waals surface area (Å²) in [5.74, 6) is 1.76. The lowest BCUT2D eigenvalue weighted by Gasteiger charge is -2.11. The van der Waals surface area contributed by atoms with Crippen LogP contribution in [0.2, 0.25) is 0 Å². The minimum absolute atomic E-state index is 0.274. The van der Waals surface area contributed by atoms with Crippen LogP contribution in [0.5, 0.6) is 11.5 Å². The number of benzene rings is 2. The topological polar surface area (TPSA) is 31.0 Å². The van der Waals surface area contributed by atoms with Crippen molar-refractivity contribution in [3.63, 3.8) is 0 Å². The second-order valence-corrected chi connectivity index (χ2v) is 4.08. The fourth-order valence-electron chi connectivity index (χ4n) is 1.89. The Hall–Kier alpha value is -1.74. The minimum Gasteiger partial charge on any atom is -0.496 e. The van der Waals surface area contributed by atoms with Gasteiger partial charge in [-0.25, -0.2) is 0 Å². The molecule has 1 unspecified atom stereocenters. The van der Waals surface area contributed by atoms with Crippen LogP contribution in [0.1, 0.15) is 0 Å². The molecule has 0 aromatic heterocycles. The van der Waals surface area contributed by atoms with E-state index in [0.29, 0.717) is 6.61 Å². The quantitative estimate of drug-likeness (QED) is 0.756. The molecule has 1 saturated heterocycles. The zero-order valence-corrected chi connectivity index (χ0v) is 9.68. The summed E-state index contributed by atoms with van der Waals surface area (Å²) in [6.07, 6.45) is 0.274. The average molecular weight is 230 g/mol. The van der Waals surface area contributed by atoms with E-state index in [4.69, 9.17) is 14.2 Å². The highest BCUT2D eigenvalue weighted by molar-refractivity contribution is 5.93. The zero-order chi connectivity index (χ0) is 11.7. The first-order chi connectivity index (χ1) is 8.38.